The number of aromatic nitrogens is 3. The van der Waals surface area contributed by atoms with Gasteiger partial charge in [0.1, 0.15) is 11.9 Å². The lowest BCUT2D eigenvalue weighted by Gasteiger charge is -2.23. The molecule has 4 heterocycles. The van der Waals surface area contributed by atoms with Gasteiger partial charge >= 0.3 is 6.18 Å². The van der Waals surface area contributed by atoms with Crippen molar-refractivity contribution in [2.45, 2.75) is 36.5 Å². The van der Waals surface area contributed by atoms with E-state index in [1.165, 1.54) is 4.31 Å². The molecule has 0 radical (unpaired) electrons. The van der Waals surface area contributed by atoms with Crippen molar-refractivity contribution in [2.24, 2.45) is 0 Å². The van der Waals surface area contributed by atoms with Gasteiger partial charge in [-0.1, -0.05) is 0 Å². The summed E-state index contributed by atoms with van der Waals surface area (Å²) in [5.74, 6) is 0.417. The molecule has 0 saturated carbocycles. The van der Waals surface area contributed by atoms with E-state index in [4.69, 9.17) is 4.74 Å². The second-order valence-corrected chi connectivity index (χ2v) is 8.82. The highest BCUT2D eigenvalue weighted by Crippen LogP contribution is 2.39. The number of ether oxygens (including phenoxy) is 1. The fourth-order valence-electron chi connectivity index (χ4n) is 4.04. The summed E-state index contributed by atoms with van der Waals surface area (Å²) in [5.41, 5.74) is 1.94. The van der Waals surface area contributed by atoms with Crippen LogP contribution in [0.5, 0.6) is 0 Å². The highest BCUT2D eigenvalue weighted by atomic mass is 32.2. The van der Waals surface area contributed by atoms with Gasteiger partial charge in [-0.2, -0.15) is 18.3 Å². The van der Waals surface area contributed by atoms with Crippen molar-refractivity contribution >= 4 is 34.4 Å². The van der Waals surface area contributed by atoms with Gasteiger partial charge in [0, 0.05) is 29.9 Å². The number of nitrogens with zero attached hydrogens (tertiary/aromatic N) is 3. The van der Waals surface area contributed by atoms with E-state index in [-0.39, 0.29) is 18.1 Å². The van der Waals surface area contributed by atoms with E-state index in [9.17, 15) is 18.0 Å². The third-order valence-electron chi connectivity index (χ3n) is 5.37. The van der Waals surface area contributed by atoms with Crippen LogP contribution in [0, 0.1) is 0 Å². The summed E-state index contributed by atoms with van der Waals surface area (Å²) in [5, 5.41) is 8.31. The van der Waals surface area contributed by atoms with Crippen molar-refractivity contribution < 1.29 is 17.9 Å². The molecule has 3 aromatic rings. The lowest BCUT2D eigenvalue weighted by atomic mass is 10.1. The molecule has 2 N–H and O–H groups in total. The zero-order valence-electron chi connectivity index (χ0n) is 16.4. The molecule has 1 unspecified atom stereocenters. The number of H-pyrrole nitrogens is 1. The van der Waals surface area contributed by atoms with Gasteiger partial charge in [-0.15, -0.1) is 0 Å². The standard InChI is InChI=1S/C20H20F3N5O2S/c21-20(22,23)11-27-9-12-8-13(3-4-16(12)31-27)25-18-17-15(5-6-24-19(17)29)28(26-18)14-2-1-7-30-10-14/h3-6,8,14H,1-2,7,9-11H2,(H,24,29)(H,25,26). The lowest BCUT2D eigenvalue weighted by molar-refractivity contribution is -0.135. The maximum atomic E-state index is 12.7. The molecule has 0 amide bonds. The summed E-state index contributed by atoms with van der Waals surface area (Å²) >= 11 is 1.10. The number of nitrogens with one attached hydrogen (secondary N) is 2. The Morgan fingerprint density at radius 2 is 2.19 bits per heavy atom. The molecule has 1 aromatic carbocycles. The molecule has 164 valence electrons. The largest absolute Gasteiger partial charge is 0.402 e. The third kappa shape index (κ3) is 4.17. The highest BCUT2D eigenvalue weighted by molar-refractivity contribution is 7.97. The molecule has 0 bridgehead atoms. The van der Waals surface area contributed by atoms with Crippen molar-refractivity contribution in [3.05, 3.63) is 46.4 Å². The molecular weight excluding hydrogens is 431 g/mol. The van der Waals surface area contributed by atoms with Crippen molar-refractivity contribution in [1.82, 2.24) is 19.1 Å². The SMILES string of the molecule is O=c1[nH]ccc2c1c(Nc1ccc3c(c1)CN(CC(F)(F)F)S3)nn2C1CCCOC1. The van der Waals surface area contributed by atoms with Crippen LogP contribution in [-0.2, 0) is 11.3 Å². The van der Waals surface area contributed by atoms with Crippen LogP contribution < -0.4 is 10.9 Å². The summed E-state index contributed by atoms with van der Waals surface area (Å²) in [7, 11) is 0. The van der Waals surface area contributed by atoms with E-state index in [0.717, 1.165) is 47.4 Å². The average molecular weight is 451 g/mol. The molecule has 0 spiro atoms. The van der Waals surface area contributed by atoms with Gasteiger partial charge in [0.15, 0.2) is 5.82 Å². The summed E-state index contributed by atoms with van der Waals surface area (Å²) in [4.78, 5) is 16.0. The van der Waals surface area contributed by atoms with Gasteiger partial charge < -0.3 is 15.0 Å². The Balaban J connectivity index is 1.44. The molecule has 2 aliphatic rings. The number of halogens is 3. The van der Waals surface area contributed by atoms with Crippen molar-refractivity contribution in [3.63, 3.8) is 0 Å². The summed E-state index contributed by atoms with van der Waals surface area (Å²) in [6.07, 6.45) is -0.813. The zero-order chi connectivity index (χ0) is 21.6. The average Bonchev–Trinajstić information content (AvgIpc) is 3.28. The highest BCUT2D eigenvalue weighted by Gasteiger charge is 2.34. The Labute approximate surface area is 179 Å². The maximum Gasteiger partial charge on any atom is 0.402 e. The number of pyridine rings is 1. The summed E-state index contributed by atoms with van der Waals surface area (Å²) < 4.78 is 46.9. The van der Waals surface area contributed by atoms with Gasteiger partial charge in [-0.05, 0) is 54.6 Å². The van der Waals surface area contributed by atoms with E-state index >= 15 is 0 Å². The van der Waals surface area contributed by atoms with Gasteiger partial charge in [-0.3, -0.25) is 9.48 Å². The minimum absolute atomic E-state index is 0.0425. The third-order valence-corrected chi connectivity index (χ3v) is 6.48. The summed E-state index contributed by atoms with van der Waals surface area (Å²) in [6, 6.07) is 7.24. The normalized spacial score (nSPS) is 19.6. The van der Waals surface area contributed by atoms with Crippen molar-refractivity contribution in [2.75, 3.05) is 25.1 Å². The fraction of sp³-hybridized carbons (Fsp3) is 0.400. The number of fused-ring (bicyclic) bond motifs is 2. The first-order valence-electron chi connectivity index (χ1n) is 9.95. The van der Waals surface area contributed by atoms with Crippen LogP contribution in [0.25, 0.3) is 10.9 Å². The number of anilines is 2. The predicted molar refractivity (Wildman–Crippen MR) is 111 cm³/mol. The Bertz CT molecular complexity index is 1170. The quantitative estimate of drug-likeness (QED) is 0.579. The van der Waals surface area contributed by atoms with Crippen molar-refractivity contribution in [1.29, 1.82) is 0 Å². The second-order valence-electron chi connectivity index (χ2n) is 7.68. The van der Waals surface area contributed by atoms with Crippen LogP contribution in [0.3, 0.4) is 0 Å². The van der Waals surface area contributed by atoms with Crippen LogP contribution in [0.15, 0.2) is 40.2 Å². The molecule has 0 aliphatic carbocycles. The molecule has 1 saturated heterocycles. The van der Waals surface area contributed by atoms with Crippen LogP contribution in [-0.4, -0.2) is 45.0 Å². The molecule has 11 heteroatoms. The van der Waals surface area contributed by atoms with E-state index in [1.807, 2.05) is 16.8 Å². The van der Waals surface area contributed by atoms with Gasteiger partial charge in [0.25, 0.3) is 5.56 Å². The van der Waals surface area contributed by atoms with Gasteiger partial charge in [0.2, 0.25) is 0 Å². The molecule has 2 aromatic heterocycles. The monoisotopic (exact) mass is 451 g/mol. The molecule has 5 rings (SSSR count). The molecule has 7 nitrogen and oxygen atoms in total. The van der Waals surface area contributed by atoms with E-state index < -0.39 is 12.7 Å². The summed E-state index contributed by atoms with van der Waals surface area (Å²) in [6.45, 7) is 0.487. The van der Waals surface area contributed by atoms with Crippen LogP contribution in [0.1, 0.15) is 24.4 Å². The van der Waals surface area contributed by atoms with E-state index in [2.05, 4.69) is 15.4 Å². The number of hydrogen-bond donors (Lipinski definition) is 2. The van der Waals surface area contributed by atoms with Gasteiger partial charge in [-0.25, -0.2) is 4.31 Å². The van der Waals surface area contributed by atoms with Crippen LogP contribution >= 0.6 is 11.9 Å². The maximum absolute atomic E-state index is 12.7. The number of aromatic amines is 1. The molecule has 1 fully saturated rings. The first-order valence-corrected chi connectivity index (χ1v) is 10.7. The van der Waals surface area contributed by atoms with E-state index in [1.54, 1.807) is 18.3 Å². The van der Waals surface area contributed by atoms with Crippen LogP contribution in [0.4, 0.5) is 24.7 Å². The Morgan fingerprint density at radius 1 is 1.32 bits per heavy atom. The Morgan fingerprint density at radius 3 is 2.97 bits per heavy atom. The van der Waals surface area contributed by atoms with Crippen LogP contribution in [0.2, 0.25) is 0 Å². The minimum atomic E-state index is -4.24. The number of rotatable bonds is 4. The van der Waals surface area contributed by atoms with Crippen molar-refractivity contribution in [3.8, 4) is 0 Å². The Hall–Kier alpha value is -2.50. The molecular formula is C20H20F3N5O2S. The number of benzene rings is 1. The minimum Gasteiger partial charge on any atom is -0.379 e. The molecule has 31 heavy (non-hydrogen) atoms. The second kappa shape index (κ2) is 7.88. The predicted octanol–water partition coefficient (Wildman–Crippen LogP) is 4.20. The lowest BCUT2D eigenvalue weighted by Crippen LogP contribution is -2.26. The zero-order valence-corrected chi connectivity index (χ0v) is 17.2. The van der Waals surface area contributed by atoms with Gasteiger partial charge in [0.05, 0.1) is 18.2 Å². The first kappa shape index (κ1) is 20.4. The first-order chi connectivity index (χ1) is 14.9. The number of hydrogen-bond acceptors (Lipinski definition) is 6. The molecule has 1 atom stereocenters. The topological polar surface area (TPSA) is 75.2 Å². The Kier molecular flexibility index (Phi) is 5.19. The molecule has 2 aliphatic heterocycles. The fourth-order valence-corrected chi connectivity index (χ4v) is 5.10. The number of alkyl halides is 3. The smallest absolute Gasteiger partial charge is 0.379 e. The van der Waals surface area contributed by atoms with E-state index in [0.29, 0.717) is 23.5 Å².